The van der Waals surface area contributed by atoms with Gasteiger partial charge in [-0.15, -0.1) is 0 Å². The maximum absolute atomic E-state index is 12.7. The molecule has 24 heteroatoms. The first-order valence-electron chi connectivity index (χ1n) is 13.6. The predicted molar refractivity (Wildman–Crippen MR) is 144 cm³/mol. The highest BCUT2D eigenvalue weighted by Crippen LogP contribution is 2.42. The van der Waals surface area contributed by atoms with Gasteiger partial charge in [0.05, 0.1) is 32.2 Å². The molecule has 0 aromatic heterocycles. The number of amides is 2. The van der Waals surface area contributed by atoms with Crippen molar-refractivity contribution in [2.45, 2.75) is 107 Å². The van der Waals surface area contributed by atoms with Crippen LogP contribution in [-0.2, 0) is 51.5 Å². The lowest BCUT2D eigenvalue weighted by Crippen LogP contribution is -2.67. The van der Waals surface area contributed by atoms with E-state index in [2.05, 4.69) is 19.7 Å². The third-order valence-electron chi connectivity index (χ3n) is 6.46. The van der Waals surface area contributed by atoms with Crippen molar-refractivity contribution in [3.05, 3.63) is 0 Å². The van der Waals surface area contributed by atoms with Crippen LogP contribution in [0, 0.1) is 0 Å². The summed E-state index contributed by atoms with van der Waals surface area (Å²) < 4.78 is 53.5. The van der Waals surface area contributed by atoms with E-state index in [1.807, 2.05) is 0 Å². The van der Waals surface area contributed by atoms with Gasteiger partial charge in [-0.05, 0) is 13.8 Å². The molecule has 22 nitrogen and oxygen atoms in total. The SMILES string of the molecule is CC(=O)O[C@H](C)CC(=O)NC1C(OCC2OC(OP(=O)(O)O)C(NC(=O)C[C@@H](C)O)C(O)C2O)OC(CO)C(OP(=O)(O)O)C1O. The number of rotatable bonds is 15. The molecule has 0 aromatic carbocycles. The molecule has 12 atom stereocenters. The first kappa shape index (κ1) is 40.5. The zero-order valence-corrected chi connectivity index (χ0v) is 26.5. The summed E-state index contributed by atoms with van der Waals surface area (Å²) in [4.78, 5) is 73.3. The van der Waals surface area contributed by atoms with Gasteiger partial charge in [-0.25, -0.2) is 9.13 Å². The second-order valence-electron chi connectivity index (χ2n) is 10.6. The lowest BCUT2D eigenvalue weighted by Gasteiger charge is -2.45. The molecule has 0 aromatic rings. The van der Waals surface area contributed by atoms with Crippen molar-refractivity contribution in [2.75, 3.05) is 13.2 Å². The van der Waals surface area contributed by atoms with Crippen LogP contribution < -0.4 is 10.6 Å². The first-order valence-corrected chi connectivity index (χ1v) is 16.7. The minimum Gasteiger partial charge on any atom is -0.462 e. The summed E-state index contributed by atoms with van der Waals surface area (Å²) in [6, 6.07) is -3.50. The minimum absolute atomic E-state index is 0.469. The first-order chi connectivity index (χ1) is 21.1. The van der Waals surface area contributed by atoms with Crippen LogP contribution in [-0.4, -0.2) is 150 Å². The Morgan fingerprint density at radius 1 is 0.804 bits per heavy atom. The van der Waals surface area contributed by atoms with E-state index in [1.54, 1.807) is 0 Å². The number of carbonyl (C=O) groups is 3. The van der Waals surface area contributed by atoms with Gasteiger partial charge < -0.3 is 74.7 Å². The fourth-order valence-corrected chi connectivity index (χ4v) is 5.66. The second-order valence-corrected chi connectivity index (χ2v) is 13.0. The summed E-state index contributed by atoms with van der Waals surface area (Å²) in [5.74, 6) is -2.50. The van der Waals surface area contributed by atoms with E-state index in [0.717, 1.165) is 6.92 Å². The third kappa shape index (κ3) is 12.7. The van der Waals surface area contributed by atoms with Gasteiger partial charge in [-0.1, -0.05) is 0 Å². The zero-order valence-electron chi connectivity index (χ0n) is 24.7. The molecule has 2 aliphatic rings. The molecule has 10 unspecified atom stereocenters. The number of ether oxygens (including phenoxy) is 4. The van der Waals surface area contributed by atoms with Crippen LogP contribution in [0.4, 0.5) is 0 Å². The highest BCUT2D eigenvalue weighted by Gasteiger charge is 2.51. The summed E-state index contributed by atoms with van der Waals surface area (Å²) in [6.45, 7) is 1.87. The molecule has 2 saturated heterocycles. The monoisotopic (exact) mass is 714 g/mol. The number of phosphoric ester groups is 2. The van der Waals surface area contributed by atoms with E-state index in [4.69, 9.17) is 18.9 Å². The Labute approximate surface area is 261 Å². The molecule has 2 fully saturated rings. The zero-order chi connectivity index (χ0) is 35.1. The Bertz CT molecular complexity index is 1130. The average Bonchev–Trinajstić information content (AvgIpc) is 2.88. The Morgan fingerprint density at radius 2 is 1.33 bits per heavy atom. The topological polar surface area (TPSA) is 347 Å². The van der Waals surface area contributed by atoms with Crippen LogP contribution in [0.15, 0.2) is 0 Å². The van der Waals surface area contributed by atoms with Gasteiger partial charge in [-0.3, -0.25) is 23.4 Å². The third-order valence-corrected chi connectivity index (χ3v) is 7.46. The normalized spacial score (nSPS) is 33.5. The Kier molecular flexibility index (Phi) is 15.1. The van der Waals surface area contributed by atoms with Crippen LogP contribution in [0.25, 0.3) is 0 Å². The number of esters is 1. The van der Waals surface area contributed by atoms with E-state index < -0.39 is 133 Å². The average molecular weight is 715 g/mol. The fraction of sp³-hybridized carbons (Fsp3) is 0.864. The van der Waals surface area contributed by atoms with E-state index >= 15 is 0 Å². The van der Waals surface area contributed by atoms with Crippen LogP contribution in [0.2, 0.25) is 0 Å². The quantitative estimate of drug-likeness (QED) is 0.0560. The largest absolute Gasteiger partial charge is 0.472 e. The molecule has 268 valence electrons. The lowest BCUT2D eigenvalue weighted by molar-refractivity contribution is -0.294. The van der Waals surface area contributed by atoms with E-state index in [-0.39, 0.29) is 0 Å². The minimum atomic E-state index is -5.35. The molecule has 46 heavy (non-hydrogen) atoms. The summed E-state index contributed by atoms with van der Waals surface area (Å²) >= 11 is 0. The number of aliphatic hydroxyl groups is 5. The van der Waals surface area contributed by atoms with Crippen molar-refractivity contribution in [1.82, 2.24) is 10.6 Å². The van der Waals surface area contributed by atoms with Crippen molar-refractivity contribution >= 4 is 33.4 Å². The molecule has 0 spiro atoms. The maximum Gasteiger partial charge on any atom is 0.472 e. The van der Waals surface area contributed by atoms with Gasteiger partial charge in [0.15, 0.2) is 12.6 Å². The highest BCUT2D eigenvalue weighted by atomic mass is 31.2. The maximum atomic E-state index is 12.7. The number of phosphoric acid groups is 2. The molecular formula is C22H40N2O20P2. The van der Waals surface area contributed by atoms with Gasteiger partial charge in [-0.2, -0.15) is 0 Å². The van der Waals surface area contributed by atoms with Crippen molar-refractivity contribution in [3.8, 4) is 0 Å². The molecule has 2 rings (SSSR count). The van der Waals surface area contributed by atoms with Crippen LogP contribution in [0.3, 0.4) is 0 Å². The molecule has 2 aliphatic heterocycles. The smallest absolute Gasteiger partial charge is 0.462 e. The molecule has 0 saturated carbocycles. The molecule has 0 bridgehead atoms. The predicted octanol–water partition coefficient (Wildman–Crippen LogP) is -4.80. The summed E-state index contributed by atoms with van der Waals surface area (Å²) in [7, 11) is -10.7. The summed E-state index contributed by atoms with van der Waals surface area (Å²) in [5.41, 5.74) is 0. The van der Waals surface area contributed by atoms with Gasteiger partial charge in [0.25, 0.3) is 0 Å². The van der Waals surface area contributed by atoms with Gasteiger partial charge >= 0.3 is 21.6 Å². The number of hydrogen-bond acceptors (Lipinski definition) is 16. The number of hydrogen-bond donors (Lipinski definition) is 11. The fourth-order valence-electron chi connectivity index (χ4n) is 4.63. The molecular weight excluding hydrogens is 674 g/mol. The Morgan fingerprint density at radius 3 is 1.83 bits per heavy atom. The highest BCUT2D eigenvalue weighted by molar-refractivity contribution is 7.46. The standard InChI is InChI=1S/C22H40N2O20P2/c1-8(26)4-13(28)23-15-18(31)17(30)12(42-22(15)44-46(36,37)38)7-39-21-16(24-14(29)5-9(2)40-10(3)27)19(32)20(11(6-25)41-21)43-45(33,34)35/h8-9,11-12,15-22,25-26,30-32H,4-7H2,1-3H3,(H,23,28)(H,24,29)(H2,33,34,35)(H2,36,37,38)/t8-,9-,11?,12?,15?,16?,17?,18?,19?,20?,21?,22?/m1/s1. The van der Waals surface area contributed by atoms with E-state index in [0.29, 0.717) is 0 Å². The molecule has 2 heterocycles. The number of aliphatic hydroxyl groups excluding tert-OH is 5. The van der Waals surface area contributed by atoms with Crippen LogP contribution >= 0.6 is 15.6 Å². The van der Waals surface area contributed by atoms with Crippen LogP contribution in [0.5, 0.6) is 0 Å². The molecule has 2 amide bonds. The van der Waals surface area contributed by atoms with Crippen molar-refractivity contribution in [3.63, 3.8) is 0 Å². The Hall–Kier alpha value is -1.69. The molecule has 0 aliphatic carbocycles. The van der Waals surface area contributed by atoms with Crippen molar-refractivity contribution in [1.29, 1.82) is 0 Å². The van der Waals surface area contributed by atoms with Crippen molar-refractivity contribution < 1.29 is 96.6 Å². The molecule has 11 N–H and O–H groups in total. The number of carbonyl (C=O) groups excluding carboxylic acids is 3. The Balaban J connectivity index is 2.30. The van der Waals surface area contributed by atoms with Gasteiger partial charge in [0, 0.05) is 6.92 Å². The lowest BCUT2D eigenvalue weighted by atomic mass is 9.96. The van der Waals surface area contributed by atoms with Gasteiger partial charge in [0.1, 0.15) is 54.8 Å². The van der Waals surface area contributed by atoms with Gasteiger partial charge in [0.2, 0.25) is 11.8 Å². The van der Waals surface area contributed by atoms with E-state index in [9.17, 15) is 68.6 Å². The second kappa shape index (κ2) is 17.1. The van der Waals surface area contributed by atoms with E-state index in [1.165, 1.54) is 13.8 Å². The summed E-state index contributed by atoms with van der Waals surface area (Å²) in [6.07, 6.45) is -18.3. The van der Waals surface area contributed by atoms with Crippen molar-refractivity contribution in [2.24, 2.45) is 0 Å². The van der Waals surface area contributed by atoms with Crippen LogP contribution in [0.1, 0.15) is 33.6 Å². The summed E-state index contributed by atoms with van der Waals surface area (Å²) in [5, 5.41) is 55.9. The number of nitrogens with one attached hydrogen (secondary N) is 2. The molecule has 0 radical (unpaired) electrons.